The molecule has 1 unspecified atom stereocenters. The van der Waals surface area contributed by atoms with Crippen molar-refractivity contribution in [3.05, 3.63) is 40.0 Å². The molecule has 0 saturated carbocycles. The van der Waals surface area contributed by atoms with Gasteiger partial charge in [0.1, 0.15) is 28.4 Å². The first-order valence-corrected chi connectivity index (χ1v) is 9.12. The maximum absolute atomic E-state index is 14.5. The first kappa shape index (κ1) is 18.3. The molecule has 0 bridgehead atoms. The molecule has 1 saturated heterocycles. The van der Waals surface area contributed by atoms with Crippen molar-refractivity contribution in [2.45, 2.75) is 19.8 Å². The van der Waals surface area contributed by atoms with Gasteiger partial charge in [-0.3, -0.25) is 0 Å². The van der Waals surface area contributed by atoms with Crippen molar-refractivity contribution in [3.8, 4) is 11.1 Å². The number of aromatic nitrogens is 4. The summed E-state index contributed by atoms with van der Waals surface area (Å²) in [6.45, 7) is 3.35. The lowest BCUT2D eigenvalue weighted by Gasteiger charge is -2.34. The minimum atomic E-state index is -1.08. The summed E-state index contributed by atoms with van der Waals surface area (Å²) >= 11 is 12.2. The van der Waals surface area contributed by atoms with E-state index in [1.807, 2.05) is 4.90 Å². The molecular formula is C17H14Cl2F3N5. The molecule has 0 radical (unpaired) electrons. The number of benzene rings is 1. The first-order chi connectivity index (χ1) is 12.8. The number of hydrogen-bond donors (Lipinski definition) is 0. The number of rotatable bonds is 2. The van der Waals surface area contributed by atoms with Crippen molar-refractivity contribution >= 4 is 34.8 Å². The average Bonchev–Trinajstić information content (AvgIpc) is 2.93. The zero-order valence-electron chi connectivity index (χ0n) is 14.2. The van der Waals surface area contributed by atoms with Crippen molar-refractivity contribution in [1.29, 1.82) is 0 Å². The van der Waals surface area contributed by atoms with Crippen LogP contribution in [0.5, 0.6) is 0 Å². The van der Waals surface area contributed by atoms with Gasteiger partial charge in [0.15, 0.2) is 0 Å². The summed E-state index contributed by atoms with van der Waals surface area (Å²) in [6, 6.07) is 1.21. The van der Waals surface area contributed by atoms with E-state index in [9.17, 15) is 13.2 Å². The van der Waals surface area contributed by atoms with Crippen LogP contribution < -0.4 is 4.90 Å². The molecule has 2 aromatic heterocycles. The number of hydrogen-bond acceptors (Lipinski definition) is 4. The molecule has 1 fully saturated rings. The van der Waals surface area contributed by atoms with Gasteiger partial charge >= 0.3 is 0 Å². The topological polar surface area (TPSA) is 46.3 Å². The van der Waals surface area contributed by atoms with Crippen molar-refractivity contribution < 1.29 is 13.2 Å². The minimum Gasteiger partial charge on any atom is -0.356 e. The summed E-state index contributed by atoms with van der Waals surface area (Å²) in [7, 11) is 0. The van der Waals surface area contributed by atoms with Crippen LogP contribution in [0.2, 0.25) is 10.4 Å². The zero-order valence-corrected chi connectivity index (χ0v) is 15.7. The van der Waals surface area contributed by atoms with Gasteiger partial charge in [0.05, 0.1) is 11.1 Å². The Kier molecular flexibility index (Phi) is 4.63. The Morgan fingerprint density at radius 3 is 2.44 bits per heavy atom. The summed E-state index contributed by atoms with van der Waals surface area (Å²) in [5, 5.41) is 3.88. The number of nitrogens with zero attached hydrogens (tertiary/aromatic N) is 5. The molecule has 27 heavy (non-hydrogen) atoms. The molecule has 1 aliphatic rings. The van der Waals surface area contributed by atoms with E-state index < -0.39 is 23.0 Å². The highest BCUT2D eigenvalue weighted by molar-refractivity contribution is 6.33. The van der Waals surface area contributed by atoms with Crippen LogP contribution in [0.1, 0.15) is 19.8 Å². The van der Waals surface area contributed by atoms with Gasteiger partial charge in [-0.15, -0.1) is 5.10 Å². The lowest BCUT2D eigenvalue weighted by molar-refractivity contribution is 0.442. The summed E-state index contributed by atoms with van der Waals surface area (Å²) < 4.78 is 43.8. The smallest absolute Gasteiger partial charge is 0.256 e. The number of piperidine rings is 1. The lowest BCUT2D eigenvalue weighted by atomic mass is 9.99. The molecule has 10 heteroatoms. The van der Waals surface area contributed by atoms with Crippen molar-refractivity contribution in [1.82, 2.24) is 19.6 Å². The molecule has 3 heterocycles. The van der Waals surface area contributed by atoms with Crippen molar-refractivity contribution in [2.75, 3.05) is 18.0 Å². The van der Waals surface area contributed by atoms with E-state index in [2.05, 4.69) is 22.0 Å². The van der Waals surface area contributed by atoms with Crippen LogP contribution in [0.15, 0.2) is 12.1 Å². The third-order valence-corrected chi connectivity index (χ3v) is 5.04. The van der Waals surface area contributed by atoms with E-state index in [0.29, 0.717) is 37.0 Å². The average molecular weight is 416 g/mol. The lowest BCUT2D eigenvalue weighted by Crippen LogP contribution is -2.36. The fourth-order valence-corrected chi connectivity index (χ4v) is 3.91. The van der Waals surface area contributed by atoms with Crippen LogP contribution in [-0.2, 0) is 0 Å². The maximum Gasteiger partial charge on any atom is 0.256 e. The molecule has 3 aromatic rings. The molecule has 1 aromatic carbocycles. The Bertz CT molecular complexity index is 1020. The van der Waals surface area contributed by atoms with Gasteiger partial charge in [0, 0.05) is 25.2 Å². The van der Waals surface area contributed by atoms with E-state index in [0.717, 1.165) is 12.8 Å². The third kappa shape index (κ3) is 3.21. The SMILES string of the molecule is CC1CCCN(c2c(-c3c(F)cc(F)cc3F)c(Cl)nc3nc(Cl)nn23)C1. The molecule has 1 aliphatic heterocycles. The predicted octanol–water partition coefficient (Wildman–Crippen LogP) is 4.75. The van der Waals surface area contributed by atoms with E-state index in [4.69, 9.17) is 23.2 Å². The number of halogens is 5. The fourth-order valence-electron chi connectivity index (χ4n) is 3.51. The number of fused-ring (bicyclic) bond motifs is 1. The Morgan fingerprint density at radius 2 is 1.78 bits per heavy atom. The second-order valence-electron chi connectivity index (χ2n) is 6.63. The molecule has 0 spiro atoms. The highest BCUT2D eigenvalue weighted by Gasteiger charge is 2.29. The fraction of sp³-hybridized carbons (Fsp3) is 0.353. The molecule has 142 valence electrons. The van der Waals surface area contributed by atoms with Gasteiger partial charge in [-0.2, -0.15) is 14.5 Å². The molecule has 1 atom stereocenters. The molecule has 5 nitrogen and oxygen atoms in total. The van der Waals surface area contributed by atoms with Crippen LogP contribution in [0.25, 0.3) is 16.9 Å². The summed E-state index contributed by atoms with van der Waals surface area (Å²) in [6.07, 6.45) is 1.92. The van der Waals surface area contributed by atoms with Gasteiger partial charge in [-0.05, 0) is 30.4 Å². The van der Waals surface area contributed by atoms with E-state index in [-0.39, 0.29) is 21.8 Å². The quantitative estimate of drug-likeness (QED) is 0.566. The minimum absolute atomic E-state index is 0.00478. The maximum atomic E-state index is 14.5. The monoisotopic (exact) mass is 415 g/mol. The number of anilines is 1. The third-order valence-electron chi connectivity index (χ3n) is 4.61. The summed E-state index contributed by atoms with van der Waals surface area (Å²) in [5.74, 6) is -2.36. The second kappa shape index (κ2) is 6.83. The van der Waals surface area contributed by atoms with Gasteiger partial charge < -0.3 is 4.90 Å². The summed E-state index contributed by atoms with van der Waals surface area (Å²) in [5.41, 5.74) is -0.467. The Balaban J connectivity index is 2.05. The highest BCUT2D eigenvalue weighted by atomic mass is 35.5. The standard InChI is InChI=1S/C17H14Cl2F3N5/c1-8-3-2-4-26(7-8)15-13(12-10(21)5-9(20)6-11(12)22)14(18)23-17-24-16(19)25-27(15)17/h5-6,8H,2-4,7H2,1H3. The van der Waals surface area contributed by atoms with E-state index in [1.54, 1.807) is 0 Å². The van der Waals surface area contributed by atoms with Crippen LogP contribution in [0.3, 0.4) is 0 Å². The van der Waals surface area contributed by atoms with Crippen LogP contribution in [-0.4, -0.2) is 32.7 Å². The van der Waals surface area contributed by atoms with Crippen molar-refractivity contribution in [3.63, 3.8) is 0 Å². The summed E-state index contributed by atoms with van der Waals surface area (Å²) in [4.78, 5) is 9.99. The predicted molar refractivity (Wildman–Crippen MR) is 96.7 cm³/mol. The van der Waals surface area contributed by atoms with E-state index in [1.165, 1.54) is 4.52 Å². The molecule has 0 N–H and O–H groups in total. The van der Waals surface area contributed by atoms with Crippen molar-refractivity contribution in [2.24, 2.45) is 5.92 Å². The van der Waals surface area contributed by atoms with Crippen LogP contribution >= 0.6 is 23.2 Å². The van der Waals surface area contributed by atoms with Gasteiger partial charge in [-0.25, -0.2) is 13.2 Å². The second-order valence-corrected chi connectivity index (χ2v) is 7.33. The van der Waals surface area contributed by atoms with Crippen LogP contribution in [0.4, 0.5) is 19.0 Å². The highest BCUT2D eigenvalue weighted by Crippen LogP contribution is 2.40. The Labute approximate surface area is 162 Å². The molecule has 0 aliphatic carbocycles. The largest absolute Gasteiger partial charge is 0.356 e. The first-order valence-electron chi connectivity index (χ1n) is 8.36. The molecular weight excluding hydrogens is 402 g/mol. The molecule has 4 rings (SSSR count). The normalized spacial score (nSPS) is 17.7. The Morgan fingerprint density at radius 1 is 1.07 bits per heavy atom. The van der Waals surface area contributed by atoms with Gasteiger partial charge in [-0.1, -0.05) is 18.5 Å². The zero-order chi connectivity index (χ0) is 19.3. The van der Waals surface area contributed by atoms with Crippen LogP contribution in [0, 0.1) is 23.4 Å². The van der Waals surface area contributed by atoms with Gasteiger partial charge in [0.2, 0.25) is 5.28 Å². The molecule has 0 amide bonds. The van der Waals surface area contributed by atoms with E-state index >= 15 is 0 Å². The Hall–Kier alpha value is -2.06. The van der Waals surface area contributed by atoms with Gasteiger partial charge in [0.25, 0.3) is 5.78 Å².